The molecule has 1 aromatic carbocycles. The number of ketones is 1. The number of Topliss-reactive ketones (excluding diaryl/α,β-unsaturated/α-hetero) is 1. The molecular weight excluding hydrogens is 404 g/mol. The largest absolute Gasteiger partial charge is 0.497 e. The summed E-state index contributed by atoms with van der Waals surface area (Å²) < 4.78 is 15.9. The first kappa shape index (κ1) is 18.7. The topological polar surface area (TPSA) is 98.5 Å². The second-order valence-corrected chi connectivity index (χ2v) is 8.19. The van der Waals surface area contributed by atoms with Gasteiger partial charge in [0.05, 0.1) is 20.3 Å². The summed E-state index contributed by atoms with van der Waals surface area (Å²) in [7, 11) is 3.20. The number of hydrogen-bond donors (Lipinski definition) is 2. The standard InChI is InChI=1S/C21H20N4O4S/c1-27-12-5-6-13(16(10-12)28-2)19-18-14(22-20-21(23-19)25-29-24-20)8-11(9-15(18)26)17-4-3-7-30-17/h3-7,10-11,19H,8-9H2,1-2H3,(H,22,24)(H,23,25). The van der Waals surface area contributed by atoms with Gasteiger partial charge in [-0.05, 0) is 40.3 Å². The summed E-state index contributed by atoms with van der Waals surface area (Å²) >= 11 is 1.67. The molecule has 2 atom stereocenters. The number of allylic oxidation sites excluding steroid dienone is 1. The first-order chi connectivity index (χ1) is 14.7. The Balaban J connectivity index is 1.63. The third-order valence-electron chi connectivity index (χ3n) is 5.53. The number of carbonyl (C=O) groups excluding carboxylic acids is 1. The van der Waals surface area contributed by atoms with Gasteiger partial charge in [-0.3, -0.25) is 4.79 Å². The third-order valence-corrected chi connectivity index (χ3v) is 6.57. The second-order valence-electron chi connectivity index (χ2n) is 7.21. The summed E-state index contributed by atoms with van der Waals surface area (Å²) in [5.74, 6) is 2.42. The van der Waals surface area contributed by atoms with Crippen LogP contribution in [0.3, 0.4) is 0 Å². The molecule has 3 aromatic rings. The Hall–Kier alpha value is -3.33. The van der Waals surface area contributed by atoms with E-state index >= 15 is 0 Å². The zero-order chi connectivity index (χ0) is 20.7. The van der Waals surface area contributed by atoms with Gasteiger partial charge in [0.1, 0.15) is 11.5 Å². The van der Waals surface area contributed by atoms with Gasteiger partial charge in [-0.2, -0.15) is 0 Å². The van der Waals surface area contributed by atoms with Crippen molar-refractivity contribution in [1.29, 1.82) is 0 Å². The van der Waals surface area contributed by atoms with Crippen molar-refractivity contribution in [3.63, 3.8) is 0 Å². The van der Waals surface area contributed by atoms with E-state index in [-0.39, 0.29) is 11.7 Å². The van der Waals surface area contributed by atoms with Crippen LogP contribution in [0, 0.1) is 0 Å². The molecule has 0 spiro atoms. The minimum Gasteiger partial charge on any atom is -0.497 e. The summed E-state index contributed by atoms with van der Waals surface area (Å²) in [5, 5.41) is 16.6. The average Bonchev–Trinajstić information content (AvgIpc) is 3.42. The minimum atomic E-state index is -0.460. The number of thiophene rings is 1. The van der Waals surface area contributed by atoms with Crippen LogP contribution in [0.15, 0.2) is 51.6 Å². The molecule has 1 aliphatic carbocycles. The summed E-state index contributed by atoms with van der Waals surface area (Å²) in [6.45, 7) is 0. The monoisotopic (exact) mass is 424 g/mol. The van der Waals surface area contributed by atoms with Crippen molar-refractivity contribution in [2.75, 3.05) is 24.9 Å². The molecular formula is C21H20N4O4S. The lowest BCUT2D eigenvalue weighted by molar-refractivity contribution is -0.116. The second kappa shape index (κ2) is 7.49. The van der Waals surface area contributed by atoms with E-state index in [0.717, 1.165) is 11.3 Å². The Kier molecular flexibility index (Phi) is 4.66. The zero-order valence-electron chi connectivity index (χ0n) is 16.5. The molecule has 154 valence electrons. The van der Waals surface area contributed by atoms with Crippen LogP contribution >= 0.6 is 11.3 Å². The van der Waals surface area contributed by atoms with Crippen molar-refractivity contribution in [2.24, 2.45) is 0 Å². The van der Waals surface area contributed by atoms with Gasteiger partial charge in [0, 0.05) is 40.1 Å². The molecule has 0 saturated heterocycles. The number of methoxy groups -OCH3 is 2. The molecule has 0 amide bonds. The Morgan fingerprint density at radius 2 is 2.00 bits per heavy atom. The number of rotatable bonds is 4. The van der Waals surface area contributed by atoms with Crippen LogP contribution in [0.4, 0.5) is 11.6 Å². The van der Waals surface area contributed by atoms with E-state index < -0.39 is 6.04 Å². The Bertz CT molecular complexity index is 1120. The SMILES string of the molecule is COc1ccc(C2Nc3nonc3NC3=C2C(=O)CC(c2cccs2)C3)c(OC)c1. The molecule has 1 aliphatic heterocycles. The normalized spacial score (nSPS) is 20.5. The molecule has 8 nitrogen and oxygen atoms in total. The fraction of sp³-hybridized carbons (Fsp3) is 0.286. The minimum absolute atomic E-state index is 0.0830. The first-order valence-electron chi connectivity index (χ1n) is 9.55. The quantitative estimate of drug-likeness (QED) is 0.645. The van der Waals surface area contributed by atoms with E-state index in [9.17, 15) is 4.79 Å². The molecule has 2 aromatic heterocycles. The van der Waals surface area contributed by atoms with E-state index in [0.29, 0.717) is 41.5 Å². The van der Waals surface area contributed by atoms with Gasteiger partial charge >= 0.3 is 0 Å². The highest BCUT2D eigenvalue weighted by atomic mass is 32.1. The van der Waals surface area contributed by atoms with Crippen molar-refractivity contribution in [1.82, 2.24) is 10.3 Å². The summed E-state index contributed by atoms with van der Waals surface area (Å²) in [6, 6.07) is 9.19. The van der Waals surface area contributed by atoms with E-state index in [1.807, 2.05) is 23.6 Å². The predicted molar refractivity (Wildman–Crippen MR) is 112 cm³/mol. The van der Waals surface area contributed by atoms with E-state index in [4.69, 9.17) is 14.1 Å². The van der Waals surface area contributed by atoms with Gasteiger partial charge in [-0.25, -0.2) is 4.63 Å². The number of hydrogen-bond acceptors (Lipinski definition) is 9. The number of carbonyl (C=O) groups is 1. The van der Waals surface area contributed by atoms with Gasteiger partial charge in [0.25, 0.3) is 0 Å². The van der Waals surface area contributed by atoms with Crippen LogP contribution in [-0.2, 0) is 4.79 Å². The van der Waals surface area contributed by atoms with Crippen LogP contribution in [0.1, 0.15) is 35.2 Å². The fourth-order valence-electron chi connectivity index (χ4n) is 4.12. The summed E-state index contributed by atoms with van der Waals surface area (Å²) in [6.07, 6.45) is 1.15. The van der Waals surface area contributed by atoms with Crippen molar-refractivity contribution in [2.45, 2.75) is 24.8 Å². The molecule has 0 bridgehead atoms. The molecule has 3 heterocycles. The summed E-state index contributed by atoms with van der Waals surface area (Å²) in [5.41, 5.74) is 2.31. The first-order valence-corrected chi connectivity index (χ1v) is 10.4. The number of fused-ring (bicyclic) bond motifs is 1. The fourth-order valence-corrected chi connectivity index (χ4v) is 4.95. The van der Waals surface area contributed by atoms with Crippen LogP contribution in [0.5, 0.6) is 11.5 Å². The van der Waals surface area contributed by atoms with Crippen LogP contribution < -0.4 is 20.1 Å². The number of anilines is 2. The molecule has 2 unspecified atom stereocenters. The van der Waals surface area contributed by atoms with Crippen LogP contribution in [0.25, 0.3) is 0 Å². The number of aromatic nitrogens is 2. The maximum absolute atomic E-state index is 13.4. The smallest absolute Gasteiger partial charge is 0.219 e. The molecule has 5 rings (SSSR count). The van der Waals surface area contributed by atoms with Gasteiger partial charge in [-0.15, -0.1) is 11.3 Å². The molecule has 9 heteroatoms. The molecule has 30 heavy (non-hydrogen) atoms. The van der Waals surface area contributed by atoms with E-state index in [1.165, 1.54) is 4.88 Å². The lowest BCUT2D eigenvalue weighted by Crippen LogP contribution is -2.27. The highest BCUT2D eigenvalue weighted by molar-refractivity contribution is 7.10. The lowest BCUT2D eigenvalue weighted by atomic mass is 9.80. The number of benzene rings is 1. The van der Waals surface area contributed by atoms with Gasteiger partial charge in [0.15, 0.2) is 5.78 Å². The third kappa shape index (κ3) is 3.11. The van der Waals surface area contributed by atoms with Gasteiger partial charge in [0.2, 0.25) is 11.6 Å². The lowest BCUT2D eigenvalue weighted by Gasteiger charge is -2.29. The number of nitrogens with zero attached hydrogens (tertiary/aromatic N) is 2. The van der Waals surface area contributed by atoms with E-state index in [2.05, 4.69) is 27.0 Å². The molecule has 2 aliphatic rings. The van der Waals surface area contributed by atoms with Crippen molar-refractivity contribution >= 4 is 28.8 Å². The molecule has 0 saturated carbocycles. The Morgan fingerprint density at radius 1 is 1.13 bits per heavy atom. The Morgan fingerprint density at radius 3 is 2.77 bits per heavy atom. The molecule has 2 N–H and O–H groups in total. The van der Waals surface area contributed by atoms with Gasteiger partial charge in [-0.1, -0.05) is 6.07 Å². The highest BCUT2D eigenvalue weighted by Crippen LogP contribution is 2.46. The zero-order valence-corrected chi connectivity index (χ0v) is 17.3. The van der Waals surface area contributed by atoms with Crippen molar-refractivity contribution in [3.05, 3.63) is 57.4 Å². The summed E-state index contributed by atoms with van der Waals surface area (Å²) in [4.78, 5) is 14.6. The maximum atomic E-state index is 13.4. The number of ether oxygens (including phenoxy) is 2. The number of nitrogens with one attached hydrogen (secondary N) is 2. The maximum Gasteiger partial charge on any atom is 0.219 e. The Labute approximate surface area is 176 Å². The predicted octanol–water partition coefficient (Wildman–Crippen LogP) is 4.13. The van der Waals surface area contributed by atoms with Crippen molar-refractivity contribution in [3.8, 4) is 11.5 Å². The van der Waals surface area contributed by atoms with Crippen molar-refractivity contribution < 1.29 is 18.9 Å². The van der Waals surface area contributed by atoms with Crippen LogP contribution in [-0.4, -0.2) is 30.3 Å². The van der Waals surface area contributed by atoms with Crippen LogP contribution in [0.2, 0.25) is 0 Å². The van der Waals surface area contributed by atoms with E-state index in [1.54, 1.807) is 31.6 Å². The molecule has 0 fully saturated rings. The average molecular weight is 424 g/mol. The highest BCUT2D eigenvalue weighted by Gasteiger charge is 2.38. The van der Waals surface area contributed by atoms with Gasteiger partial charge < -0.3 is 20.1 Å². The molecule has 0 radical (unpaired) electrons.